The van der Waals surface area contributed by atoms with Gasteiger partial charge in [-0.2, -0.15) is 0 Å². The Kier molecular flexibility index (Phi) is 7.63. The standard InChI is InChI=1S/C21H29NO2/c1-4-6-14-22-19(5-2)18-12-13-20(21(15-18)23-3)24-16-17-10-8-7-9-11-17/h7-13,15,19,22H,4-6,14,16H2,1-3H3/t19-/m1/s1. The molecule has 0 unspecified atom stereocenters. The molecule has 0 aliphatic heterocycles. The van der Waals surface area contributed by atoms with Gasteiger partial charge in [-0.25, -0.2) is 0 Å². The zero-order valence-corrected chi connectivity index (χ0v) is 15.0. The molecule has 1 atom stereocenters. The lowest BCUT2D eigenvalue weighted by Crippen LogP contribution is -2.21. The van der Waals surface area contributed by atoms with Crippen LogP contribution in [0.15, 0.2) is 48.5 Å². The van der Waals surface area contributed by atoms with Crippen molar-refractivity contribution >= 4 is 0 Å². The van der Waals surface area contributed by atoms with Gasteiger partial charge in [0, 0.05) is 6.04 Å². The van der Waals surface area contributed by atoms with Crippen molar-refractivity contribution in [3.8, 4) is 11.5 Å². The van der Waals surface area contributed by atoms with Gasteiger partial charge in [0.25, 0.3) is 0 Å². The molecule has 0 bridgehead atoms. The van der Waals surface area contributed by atoms with Crippen molar-refractivity contribution in [3.05, 3.63) is 59.7 Å². The largest absolute Gasteiger partial charge is 0.493 e. The van der Waals surface area contributed by atoms with Crippen LogP contribution < -0.4 is 14.8 Å². The van der Waals surface area contributed by atoms with E-state index in [4.69, 9.17) is 9.47 Å². The highest BCUT2D eigenvalue weighted by atomic mass is 16.5. The third-order valence-corrected chi connectivity index (χ3v) is 4.16. The molecule has 0 aromatic heterocycles. The van der Waals surface area contributed by atoms with E-state index in [2.05, 4.69) is 43.4 Å². The van der Waals surface area contributed by atoms with Crippen LogP contribution in [0.2, 0.25) is 0 Å². The van der Waals surface area contributed by atoms with Gasteiger partial charge in [0.15, 0.2) is 11.5 Å². The molecule has 2 rings (SSSR count). The van der Waals surface area contributed by atoms with E-state index in [0.29, 0.717) is 12.6 Å². The molecule has 0 heterocycles. The minimum absolute atomic E-state index is 0.355. The molecule has 0 saturated carbocycles. The van der Waals surface area contributed by atoms with Crippen LogP contribution in [0.4, 0.5) is 0 Å². The number of hydrogen-bond donors (Lipinski definition) is 1. The summed E-state index contributed by atoms with van der Waals surface area (Å²) in [7, 11) is 1.69. The first-order valence-corrected chi connectivity index (χ1v) is 8.86. The predicted octanol–water partition coefficient (Wildman–Crippen LogP) is 5.12. The molecule has 0 radical (unpaired) electrons. The van der Waals surface area contributed by atoms with Gasteiger partial charge < -0.3 is 14.8 Å². The van der Waals surface area contributed by atoms with Crippen LogP contribution in [-0.2, 0) is 6.61 Å². The summed E-state index contributed by atoms with van der Waals surface area (Å²) >= 11 is 0. The molecular weight excluding hydrogens is 298 g/mol. The second-order valence-electron chi connectivity index (χ2n) is 5.95. The van der Waals surface area contributed by atoms with Gasteiger partial charge in [0.1, 0.15) is 6.61 Å². The zero-order chi connectivity index (χ0) is 17.2. The molecule has 0 fully saturated rings. The summed E-state index contributed by atoms with van der Waals surface area (Å²) in [5, 5.41) is 3.62. The fourth-order valence-electron chi connectivity index (χ4n) is 2.71. The van der Waals surface area contributed by atoms with E-state index >= 15 is 0 Å². The molecule has 0 aliphatic rings. The molecule has 0 saturated heterocycles. The van der Waals surface area contributed by atoms with Crippen molar-refractivity contribution in [3.63, 3.8) is 0 Å². The van der Waals surface area contributed by atoms with E-state index in [1.807, 2.05) is 24.3 Å². The molecule has 0 spiro atoms. The number of nitrogens with one attached hydrogen (secondary N) is 1. The molecule has 130 valence electrons. The number of rotatable bonds is 10. The third-order valence-electron chi connectivity index (χ3n) is 4.16. The Labute approximate surface area is 146 Å². The quantitative estimate of drug-likeness (QED) is 0.615. The molecule has 3 heteroatoms. The summed E-state index contributed by atoms with van der Waals surface area (Å²) in [5.41, 5.74) is 2.40. The average molecular weight is 327 g/mol. The summed E-state index contributed by atoms with van der Waals surface area (Å²) in [5.74, 6) is 1.58. The lowest BCUT2D eigenvalue weighted by atomic mass is 10.0. The monoisotopic (exact) mass is 327 g/mol. The van der Waals surface area contributed by atoms with Gasteiger partial charge in [0.2, 0.25) is 0 Å². The highest BCUT2D eigenvalue weighted by molar-refractivity contribution is 5.44. The van der Waals surface area contributed by atoms with E-state index in [9.17, 15) is 0 Å². The van der Waals surface area contributed by atoms with Crippen LogP contribution in [-0.4, -0.2) is 13.7 Å². The Morgan fingerprint density at radius 2 is 1.79 bits per heavy atom. The molecule has 2 aromatic rings. The van der Waals surface area contributed by atoms with E-state index in [1.165, 1.54) is 18.4 Å². The van der Waals surface area contributed by atoms with E-state index in [-0.39, 0.29) is 0 Å². The third kappa shape index (κ3) is 5.27. The maximum Gasteiger partial charge on any atom is 0.161 e. The van der Waals surface area contributed by atoms with Crippen molar-refractivity contribution in [1.82, 2.24) is 5.32 Å². The second kappa shape index (κ2) is 9.99. The predicted molar refractivity (Wildman–Crippen MR) is 99.7 cm³/mol. The van der Waals surface area contributed by atoms with E-state index < -0.39 is 0 Å². The Hall–Kier alpha value is -2.00. The summed E-state index contributed by atoms with van der Waals surface area (Å²) in [4.78, 5) is 0. The van der Waals surface area contributed by atoms with Crippen LogP contribution in [0, 0.1) is 0 Å². The summed E-state index contributed by atoms with van der Waals surface area (Å²) < 4.78 is 11.5. The van der Waals surface area contributed by atoms with Crippen LogP contribution in [0.1, 0.15) is 50.3 Å². The fraction of sp³-hybridized carbons (Fsp3) is 0.429. The highest BCUT2D eigenvalue weighted by Crippen LogP contribution is 2.31. The second-order valence-corrected chi connectivity index (χ2v) is 5.95. The van der Waals surface area contributed by atoms with Crippen LogP contribution in [0.5, 0.6) is 11.5 Å². The lowest BCUT2D eigenvalue weighted by molar-refractivity contribution is 0.284. The minimum atomic E-state index is 0.355. The van der Waals surface area contributed by atoms with Gasteiger partial charge in [0.05, 0.1) is 7.11 Å². The fourth-order valence-corrected chi connectivity index (χ4v) is 2.71. The summed E-state index contributed by atoms with van der Waals surface area (Å²) in [6.45, 7) is 6.01. The SMILES string of the molecule is CCCCN[C@H](CC)c1ccc(OCc2ccccc2)c(OC)c1. The van der Waals surface area contributed by atoms with Crippen LogP contribution >= 0.6 is 0 Å². The first kappa shape index (κ1) is 18.3. The smallest absolute Gasteiger partial charge is 0.161 e. The van der Waals surface area contributed by atoms with Gasteiger partial charge in [-0.05, 0) is 42.6 Å². The van der Waals surface area contributed by atoms with Crippen molar-refractivity contribution in [2.45, 2.75) is 45.8 Å². The van der Waals surface area contributed by atoms with Gasteiger partial charge >= 0.3 is 0 Å². The van der Waals surface area contributed by atoms with Crippen molar-refractivity contribution in [2.24, 2.45) is 0 Å². The normalized spacial score (nSPS) is 12.0. The first-order chi connectivity index (χ1) is 11.8. The zero-order valence-electron chi connectivity index (χ0n) is 15.0. The number of benzene rings is 2. The molecule has 3 nitrogen and oxygen atoms in total. The lowest BCUT2D eigenvalue weighted by Gasteiger charge is -2.19. The number of hydrogen-bond acceptors (Lipinski definition) is 3. The number of unbranched alkanes of at least 4 members (excludes halogenated alkanes) is 1. The maximum atomic E-state index is 5.94. The number of ether oxygens (including phenoxy) is 2. The van der Waals surface area contributed by atoms with Gasteiger partial charge in [-0.3, -0.25) is 0 Å². The van der Waals surface area contributed by atoms with E-state index in [0.717, 1.165) is 30.0 Å². The molecule has 24 heavy (non-hydrogen) atoms. The average Bonchev–Trinajstić information content (AvgIpc) is 2.64. The number of methoxy groups -OCH3 is 1. The summed E-state index contributed by atoms with van der Waals surface area (Å²) in [6.07, 6.45) is 3.46. The molecule has 0 aliphatic carbocycles. The maximum absolute atomic E-state index is 5.94. The van der Waals surface area contributed by atoms with Crippen molar-refractivity contribution < 1.29 is 9.47 Å². The molecule has 0 amide bonds. The Morgan fingerprint density at radius 3 is 2.46 bits per heavy atom. The summed E-state index contributed by atoms with van der Waals surface area (Å²) in [6, 6.07) is 16.8. The van der Waals surface area contributed by atoms with Crippen molar-refractivity contribution in [2.75, 3.05) is 13.7 Å². The topological polar surface area (TPSA) is 30.5 Å². The Balaban J connectivity index is 2.05. The van der Waals surface area contributed by atoms with Crippen LogP contribution in [0.25, 0.3) is 0 Å². The minimum Gasteiger partial charge on any atom is -0.493 e. The van der Waals surface area contributed by atoms with Gasteiger partial charge in [-0.1, -0.05) is 56.7 Å². The van der Waals surface area contributed by atoms with Crippen LogP contribution in [0.3, 0.4) is 0 Å². The molecule has 1 N–H and O–H groups in total. The van der Waals surface area contributed by atoms with Gasteiger partial charge in [-0.15, -0.1) is 0 Å². The van der Waals surface area contributed by atoms with E-state index in [1.54, 1.807) is 7.11 Å². The highest BCUT2D eigenvalue weighted by Gasteiger charge is 2.12. The molecule has 2 aromatic carbocycles. The van der Waals surface area contributed by atoms with Crippen molar-refractivity contribution in [1.29, 1.82) is 0 Å². The molecular formula is C21H29NO2. The first-order valence-electron chi connectivity index (χ1n) is 8.86. The Morgan fingerprint density at radius 1 is 1.00 bits per heavy atom. The Bertz CT molecular complexity index is 598.